The highest BCUT2D eigenvalue weighted by atomic mass is 19.2. The predicted molar refractivity (Wildman–Crippen MR) is 113 cm³/mol. The average molecular weight is 481 g/mol. The van der Waals surface area contributed by atoms with E-state index < -0.39 is 58.6 Å². The molecule has 0 heterocycles. The third-order valence-electron chi connectivity index (χ3n) is 5.40. The Bertz CT molecular complexity index is 767. The minimum absolute atomic E-state index is 0.101. The SMILES string of the molecule is CCCCCCCCCCCCOC(=O)C(C)(C)C(=O)OCc1c(F)c(F)c(F)c(F)c1F. The van der Waals surface area contributed by atoms with Crippen LogP contribution >= 0.6 is 0 Å². The van der Waals surface area contributed by atoms with Crippen molar-refractivity contribution in [3.8, 4) is 0 Å². The molecule has 1 rings (SSSR count). The van der Waals surface area contributed by atoms with Gasteiger partial charge in [0.15, 0.2) is 28.7 Å². The van der Waals surface area contributed by atoms with E-state index in [2.05, 4.69) is 11.7 Å². The van der Waals surface area contributed by atoms with Crippen LogP contribution in [-0.2, 0) is 25.7 Å². The second kappa shape index (κ2) is 14.2. The quantitative estimate of drug-likeness (QED) is 0.0683. The molecule has 0 N–H and O–H groups in total. The number of hydrogen-bond acceptors (Lipinski definition) is 4. The normalized spacial score (nSPS) is 11.5. The molecule has 1 aromatic carbocycles. The van der Waals surface area contributed by atoms with Crippen molar-refractivity contribution in [2.45, 2.75) is 91.6 Å². The molecule has 1 aromatic rings. The summed E-state index contributed by atoms with van der Waals surface area (Å²) in [5.41, 5.74) is -3.11. The molecule has 0 aliphatic carbocycles. The van der Waals surface area contributed by atoms with Crippen molar-refractivity contribution in [2.24, 2.45) is 5.41 Å². The summed E-state index contributed by atoms with van der Waals surface area (Å²) >= 11 is 0. The van der Waals surface area contributed by atoms with Crippen molar-refractivity contribution in [2.75, 3.05) is 6.61 Å². The molecule has 0 atom stereocenters. The van der Waals surface area contributed by atoms with Gasteiger partial charge in [-0.15, -0.1) is 0 Å². The lowest BCUT2D eigenvalue weighted by molar-refractivity contribution is -0.170. The van der Waals surface area contributed by atoms with Gasteiger partial charge in [0.05, 0.1) is 12.2 Å². The zero-order chi connectivity index (χ0) is 25.0. The first kappa shape index (κ1) is 28.8. The summed E-state index contributed by atoms with van der Waals surface area (Å²) in [4.78, 5) is 24.4. The van der Waals surface area contributed by atoms with E-state index in [0.29, 0.717) is 6.42 Å². The van der Waals surface area contributed by atoms with Crippen LogP contribution in [0.2, 0.25) is 0 Å². The molecule has 0 unspecified atom stereocenters. The second-order valence-corrected chi connectivity index (χ2v) is 8.57. The number of rotatable bonds is 15. The van der Waals surface area contributed by atoms with Gasteiger partial charge in [0.25, 0.3) is 0 Å². The van der Waals surface area contributed by atoms with Gasteiger partial charge in [0, 0.05) is 0 Å². The zero-order valence-electron chi connectivity index (χ0n) is 19.5. The van der Waals surface area contributed by atoms with Gasteiger partial charge in [-0.05, 0) is 20.3 Å². The van der Waals surface area contributed by atoms with E-state index in [1.165, 1.54) is 52.4 Å². The largest absolute Gasteiger partial charge is 0.465 e. The zero-order valence-corrected chi connectivity index (χ0v) is 19.5. The van der Waals surface area contributed by atoms with E-state index in [1.807, 2.05) is 0 Å². The average Bonchev–Trinajstić information content (AvgIpc) is 2.79. The van der Waals surface area contributed by atoms with Gasteiger partial charge in [0.1, 0.15) is 6.61 Å². The molecule has 0 fully saturated rings. The molecule has 0 aliphatic heterocycles. The van der Waals surface area contributed by atoms with Gasteiger partial charge in [0.2, 0.25) is 5.82 Å². The minimum Gasteiger partial charge on any atom is -0.465 e. The summed E-state index contributed by atoms with van der Waals surface area (Å²) < 4.78 is 76.7. The monoisotopic (exact) mass is 480 g/mol. The standard InChI is InChI=1S/C24H33F5O4/c1-4-5-6-7-8-9-10-11-12-13-14-32-22(30)24(2,3)23(31)33-15-16-17(25)19(27)21(29)20(28)18(16)26/h4-15H2,1-3H3. The summed E-state index contributed by atoms with van der Waals surface area (Å²) in [5, 5.41) is 0. The highest BCUT2D eigenvalue weighted by Gasteiger charge is 2.40. The molecule has 0 amide bonds. The van der Waals surface area contributed by atoms with Gasteiger partial charge >= 0.3 is 11.9 Å². The predicted octanol–water partition coefficient (Wildman–Crippen LogP) is 6.92. The van der Waals surface area contributed by atoms with Gasteiger partial charge in [-0.2, -0.15) is 0 Å². The lowest BCUT2D eigenvalue weighted by Crippen LogP contribution is -2.36. The van der Waals surface area contributed by atoms with E-state index in [0.717, 1.165) is 19.3 Å². The van der Waals surface area contributed by atoms with E-state index in [1.54, 1.807) is 0 Å². The summed E-state index contributed by atoms with van der Waals surface area (Å²) in [5.74, 6) is -12.9. The number of esters is 2. The number of benzene rings is 1. The number of ether oxygens (including phenoxy) is 2. The van der Waals surface area contributed by atoms with Crippen LogP contribution in [-0.4, -0.2) is 18.5 Å². The van der Waals surface area contributed by atoms with Crippen molar-refractivity contribution in [3.63, 3.8) is 0 Å². The maximum atomic E-state index is 13.7. The van der Waals surface area contributed by atoms with Crippen molar-refractivity contribution in [1.82, 2.24) is 0 Å². The highest BCUT2D eigenvalue weighted by Crippen LogP contribution is 2.26. The van der Waals surface area contributed by atoms with Gasteiger partial charge in [-0.3, -0.25) is 9.59 Å². The number of hydrogen-bond donors (Lipinski definition) is 0. The van der Waals surface area contributed by atoms with Crippen molar-refractivity contribution < 1.29 is 41.0 Å². The molecule has 0 bridgehead atoms. The molecule has 33 heavy (non-hydrogen) atoms. The van der Waals surface area contributed by atoms with Gasteiger partial charge in [-0.1, -0.05) is 64.7 Å². The Kier molecular flexibility index (Phi) is 12.4. The molecule has 0 aromatic heterocycles. The molecular weight excluding hydrogens is 447 g/mol. The Morgan fingerprint density at radius 2 is 1.03 bits per heavy atom. The Morgan fingerprint density at radius 1 is 0.636 bits per heavy atom. The number of halogens is 5. The molecule has 4 nitrogen and oxygen atoms in total. The third-order valence-corrected chi connectivity index (χ3v) is 5.40. The Balaban J connectivity index is 2.39. The summed E-state index contributed by atoms with van der Waals surface area (Å²) in [6.45, 7) is 3.44. The van der Waals surface area contributed by atoms with Crippen molar-refractivity contribution in [3.05, 3.63) is 34.6 Å². The van der Waals surface area contributed by atoms with Crippen LogP contribution in [0.15, 0.2) is 0 Å². The van der Waals surface area contributed by atoms with Crippen LogP contribution in [0, 0.1) is 34.5 Å². The first-order valence-corrected chi connectivity index (χ1v) is 11.4. The van der Waals surface area contributed by atoms with Crippen LogP contribution in [0.5, 0.6) is 0 Å². The molecule has 0 spiro atoms. The van der Waals surface area contributed by atoms with E-state index in [4.69, 9.17) is 4.74 Å². The molecule has 0 radical (unpaired) electrons. The Labute approximate surface area is 191 Å². The Morgan fingerprint density at radius 3 is 1.52 bits per heavy atom. The van der Waals surface area contributed by atoms with Crippen LogP contribution in [0.1, 0.15) is 90.5 Å². The van der Waals surface area contributed by atoms with E-state index >= 15 is 0 Å². The number of carbonyl (C=O) groups excluding carboxylic acids is 2. The van der Waals surface area contributed by atoms with Gasteiger partial charge < -0.3 is 9.47 Å². The second-order valence-electron chi connectivity index (χ2n) is 8.57. The maximum absolute atomic E-state index is 13.7. The highest BCUT2D eigenvalue weighted by molar-refractivity contribution is 5.99. The number of unbranched alkanes of at least 4 members (excludes halogenated alkanes) is 9. The van der Waals surface area contributed by atoms with Crippen molar-refractivity contribution in [1.29, 1.82) is 0 Å². The summed E-state index contributed by atoms with van der Waals surface area (Å²) in [7, 11) is 0. The maximum Gasteiger partial charge on any atom is 0.323 e. The fourth-order valence-electron chi connectivity index (χ4n) is 3.11. The molecule has 9 heteroatoms. The van der Waals surface area contributed by atoms with Crippen LogP contribution in [0.4, 0.5) is 22.0 Å². The smallest absolute Gasteiger partial charge is 0.323 e. The summed E-state index contributed by atoms with van der Waals surface area (Å²) in [6, 6.07) is 0. The fraction of sp³-hybridized carbons (Fsp3) is 0.667. The molecule has 0 saturated heterocycles. The van der Waals surface area contributed by atoms with Crippen LogP contribution < -0.4 is 0 Å². The Hall–Kier alpha value is -2.19. The molecule has 0 aliphatic rings. The molecule has 0 saturated carbocycles. The third kappa shape index (κ3) is 8.59. The van der Waals surface area contributed by atoms with E-state index in [9.17, 15) is 31.5 Å². The van der Waals surface area contributed by atoms with Crippen molar-refractivity contribution >= 4 is 11.9 Å². The topological polar surface area (TPSA) is 52.6 Å². The number of carbonyl (C=O) groups is 2. The molecular formula is C24H33F5O4. The minimum atomic E-state index is -2.31. The lowest BCUT2D eigenvalue weighted by atomic mass is 9.94. The first-order valence-electron chi connectivity index (χ1n) is 11.4. The van der Waals surface area contributed by atoms with Crippen LogP contribution in [0.3, 0.4) is 0 Å². The first-order chi connectivity index (χ1) is 15.6. The lowest BCUT2D eigenvalue weighted by Gasteiger charge is -2.21. The summed E-state index contributed by atoms with van der Waals surface area (Å²) in [6.07, 6.45) is 11.0. The molecule has 188 valence electrons. The fourth-order valence-corrected chi connectivity index (χ4v) is 3.11. The van der Waals surface area contributed by atoms with E-state index in [-0.39, 0.29) is 6.61 Å². The van der Waals surface area contributed by atoms with Gasteiger partial charge in [-0.25, -0.2) is 22.0 Å². The van der Waals surface area contributed by atoms with Crippen LogP contribution in [0.25, 0.3) is 0 Å².